The number of anilines is 1. The fourth-order valence-corrected chi connectivity index (χ4v) is 3.63. The maximum Gasteiger partial charge on any atom is 0.325 e. The minimum Gasteiger partial charge on any atom is -0.360 e. The molecular weight excluding hydrogens is 374 g/mol. The zero-order valence-electron chi connectivity index (χ0n) is 16.8. The second-order valence-corrected chi connectivity index (χ2v) is 7.33. The molecule has 29 heavy (non-hydrogen) atoms. The second kappa shape index (κ2) is 8.50. The quantitative estimate of drug-likeness (QED) is 0.571. The maximum absolute atomic E-state index is 12.6. The second-order valence-electron chi connectivity index (χ2n) is 7.33. The van der Waals surface area contributed by atoms with Crippen LogP contribution in [0.1, 0.15) is 32.3 Å². The van der Waals surface area contributed by atoms with Gasteiger partial charge in [0, 0.05) is 25.3 Å². The summed E-state index contributed by atoms with van der Waals surface area (Å²) in [6.07, 6.45) is 0.967. The zero-order valence-corrected chi connectivity index (χ0v) is 16.8. The van der Waals surface area contributed by atoms with Gasteiger partial charge in [0.15, 0.2) is 0 Å². The molecule has 2 heterocycles. The highest BCUT2D eigenvalue weighted by Gasteiger charge is 2.49. The van der Waals surface area contributed by atoms with E-state index < -0.39 is 17.5 Å². The Morgan fingerprint density at radius 2 is 1.83 bits per heavy atom. The lowest BCUT2D eigenvalue weighted by Crippen LogP contribution is -2.47. The van der Waals surface area contributed by atoms with Crippen molar-refractivity contribution in [2.75, 3.05) is 31.1 Å². The van der Waals surface area contributed by atoms with Gasteiger partial charge in [0.25, 0.3) is 5.91 Å². The Bertz CT molecular complexity index is 804. The monoisotopic (exact) mass is 401 g/mol. The topological polar surface area (TPSA) is 111 Å². The third kappa shape index (κ3) is 4.33. The van der Waals surface area contributed by atoms with Crippen molar-refractivity contribution >= 4 is 29.4 Å². The molecule has 0 aliphatic carbocycles. The average Bonchev–Trinajstić information content (AvgIpc) is 2.97. The Labute approximate surface area is 169 Å². The minimum atomic E-state index is -0.904. The Hall–Kier alpha value is -3.10. The Kier molecular flexibility index (Phi) is 6.05. The molecule has 9 heteroatoms. The van der Waals surface area contributed by atoms with Gasteiger partial charge in [-0.3, -0.25) is 19.3 Å². The first-order chi connectivity index (χ1) is 13.9. The van der Waals surface area contributed by atoms with Crippen LogP contribution >= 0.6 is 0 Å². The van der Waals surface area contributed by atoms with Crippen molar-refractivity contribution in [2.24, 2.45) is 0 Å². The van der Waals surface area contributed by atoms with Crippen LogP contribution in [0.25, 0.3) is 0 Å². The number of nitrogens with one attached hydrogen (secondary N) is 3. The molecule has 5 amide bonds. The maximum atomic E-state index is 12.6. The predicted octanol–water partition coefficient (Wildman–Crippen LogP) is 0.350. The first kappa shape index (κ1) is 20.6. The van der Waals surface area contributed by atoms with E-state index >= 15 is 0 Å². The number of rotatable bonds is 7. The molecule has 156 valence electrons. The Balaban J connectivity index is 1.52. The molecule has 3 N–H and O–H groups in total. The van der Waals surface area contributed by atoms with Crippen molar-refractivity contribution in [3.05, 3.63) is 29.8 Å². The lowest BCUT2D eigenvalue weighted by molar-refractivity contribution is -0.135. The van der Waals surface area contributed by atoms with Gasteiger partial charge >= 0.3 is 6.03 Å². The van der Waals surface area contributed by atoms with E-state index in [1.54, 1.807) is 0 Å². The molecule has 0 spiro atoms. The number of carbonyl (C=O) groups excluding carboxylic acids is 4. The number of carbonyl (C=O) groups is 4. The molecule has 2 aliphatic heterocycles. The van der Waals surface area contributed by atoms with Crippen LogP contribution in [0.4, 0.5) is 10.5 Å². The molecule has 2 aliphatic rings. The number of amides is 5. The third-order valence-electron chi connectivity index (χ3n) is 5.58. The lowest BCUT2D eigenvalue weighted by atomic mass is 9.93. The first-order valence-corrected chi connectivity index (χ1v) is 9.90. The zero-order chi connectivity index (χ0) is 21.0. The molecule has 9 nitrogen and oxygen atoms in total. The van der Waals surface area contributed by atoms with E-state index in [1.807, 2.05) is 43.0 Å². The molecule has 3 rings (SSSR count). The van der Waals surface area contributed by atoms with Gasteiger partial charge in [0.1, 0.15) is 12.1 Å². The molecule has 0 saturated carbocycles. The van der Waals surface area contributed by atoms with E-state index in [0.717, 1.165) is 22.7 Å². The van der Waals surface area contributed by atoms with Crippen LogP contribution in [0.5, 0.6) is 0 Å². The highest BCUT2D eigenvalue weighted by molar-refractivity contribution is 6.08. The van der Waals surface area contributed by atoms with Crippen molar-refractivity contribution < 1.29 is 19.2 Å². The number of benzene rings is 1. The molecule has 1 aromatic rings. The summed E-state index contributed by atoms with van der Waals surface area (Å²) in [7, 11) is 0. The summed E-state index contributed by atoms with van der Waals surface area (Å²) >= 11 is 0. The smallest absolute Gasteiger partial charge is 0.325 e. The molecular formula is C20H27N5O4. The summed E-state index contributed by atoms with van der Waals surface area (Å²) in [5.41, 5.74) is 0.931. The van der Waals surface area contributed by atoms with Gasteiger partial charge in [-0.25, -0.2) is 4.79 Å². The van der Waals surface area contributed by atoms with Crippen LogP contribution < -0.4 is 20.9 Å². The summed E-state index contributed by atoms with van der Waals surface area (Å²) in [5, 5.41) is 8.25. The van der Waals surface area contributed by atoms with Gasteiger partial charge in [-0.15, -0.1) is 0 Å². The number of urea groups is 1. The van der Waals surface area contributed by atoms with E-state index in [9.17, 15) is 19.2 Å². The van der Waals surface area contributed by atoms with Gasteiger partial charge in [0.2, 0.25) is 11.8 Å². The molecule has 0 atom stereocenters. The van der Waals surface area contributed by atoms with E-state index in [4.69, 9.17) is 0 Å². The van der Waals surface area contributed by atoms with Gasteiger partial charge in [0.05, 0.1) is 6.54 Å². The number of hydrogen-bond donors (Lipinski definition) is 3. The molecule has 2 fully saturated rings. The van der Waals surface area contributed by atoms with Crippen LogP contribution in [0.15, 0.2) is 24.3 Å². The number of nitrogens with zero attached hydrogens (tertiary/aromatic N) is 2. The first-order valence-electron chi connectivity index (χ1n) is 9.90. The third-order valence-corrected chi connectivity index (χ3v) is 5.58. The molecule has 2 saturated heterocycles. The predicted molar refractivity (Wildman–Crippen MR) is 107 cm³/mol. The van der Waals surface area contributed by atoms with Gasteiger partial charge in [-0.2, -0.15) is 0 Å². The van der Waals surface area contributed by atoms with Crippen LogP contribution in [0.3, 0.4) is 0 Å². The molecule has 0 unspecified atom stereocenters. The molecule has 0 radical (unpaired) electrons. The largest absolute Gasteiger partial charge is 0.360 e. The van der Waals surface area contributed by atoms with Gasteiger partial charge in [-0.05, 0) is 30.5 Å². The standard InChI is InChI=1S/C20H27N5O4/c1-3-20(4-2)18(28)25(19(29)23-20)13-17(27)22-11-14-5-7-15(8-6-14)24-10-9-21-16(26)12-24/h5-8H,3-4,9-13H2,1-2H3,(H,21,26)(H,22,27)(H,23,29). The summed E-state index contributed by atoms with van der Waals surface area (Å²) in [4.78, 5) is 51.4. The number of piperazine rings is 1. The van der Waals surface area contributed by atoms with E-state index in [-0.39, 0.29) is 24.9 Å². The van der Waals surface area contributed by atoms with Crippen molar-refractivity contribution in [3.8, 4) is 0 Å². The normalized spacial score (nSPS) is 18.5. The Morgan fingerprint density at radius 1 is 1.14 bits per heavy atom. The van der Waals surface area contributed by atoms with Crippen molar-refractivity contribution in [3.63, 3.8) is 0 Å². The summed E-state index contributed by atoms with van der Waals surface area (Å²) in [5.74, 6) is -0.742. The summed E-state index contributed by atoms with van der Waals surface area (Å²) in [6, 6.07) is 7.07. The number of hydrogen-bond acceptors (Lipinski definition) is 5. The number of imide groups is 1. The average molecular weight is 401 g/mol. The summed E-state index contributed by atoms with van der Waals surface area (Å²) < 4.78 is 0. The SMILES string of the molecule is CCC1(CC)NC(=O)N(CC(=O)NCc2ccc(N3CCNC(=O)C3)cc2)C1=O. The lowest BCUT2D eigenvalue weighted by Gasteiger charge is -2.28. The highest BCUT2D eigenvalue weighted by Crippen LogP contribution is 2.24. The van der Waals surface area contributed by atoms with Crippen LogP contribution in [0.2, 0.25) is 0 Å². The minimum absolute atomic E-state index is 0.00301. The fourth-order valence-electron chi connectivity index (χ4n) is 3.63. The molecule has 0 bridgehead atoms. The van der Waals surface area contributed by atoms with E-state index in [2.05, 4.69) is 16.0 Å². The molecule has 1 aromatic carbocycles. The van der Waals surface area contributed by atoms with Crippen molar-refractivity contribution in [1.82, 2.24) is 20.9 Å². The van der Waals surface area contributed by atoms with Crippen molar-refractivity contribution in [2.45, 2.75) is 38.8 Å². The van der Waals surface area contributed by atoms with Crippen LogP contribution in [-0.2, 0) is 20.9 Å². The Morgan fingerprint density at radius 3 is 2.41 bits per heavy atom. The van der Waals surface area contributed by atoms with Crippen LogP contribution in [-0.4, -0.2) is 60.4 Å². The molecule has 0 aromatic heterocycles. The highest BCUT2D eigenvalue weighted by atomic mass is 16.2. The summed E-state index contributed by atoms with van der Waals surface area (Å²) in [6.45, 7) is 5.38. The fraction of sp³-hybridized carbons (Fsp3) is 0.500. The van der Waals surface area contributed by atoms with Gasteiger partial charge < -0.3 is 20.9 Å². The van der Waals surface area contributed by atoms with E-state index in [1.165, 1.54) is 0 Å². The van der Waals surface area contributed by atoms with Gasteiger partial charge in [-0.1, -0.05) is 26.0 Å². The van der Waals surface area contributed by atoms with E-state index in [0.29, 0.717) is 25.9 Å². The van der Waals surface area contributed by atoms with Crippen LogP contribution in [0, 0.1) is 0 Å². The van der Waals surface area contributed by atoms with Crippen molar-refractivity contribution in [1.29, 1.82) is 0 Å².